The van der Waals surface area contributed by atoms with E-state index in [2.05, 4.69) is 10.6 Å². The van der Waals surface area contributed by atoms with Gasteiger partial charge in [-0.05, 0) is 48.9 Å². The Morgan fingerprint density at radius 2 is 1.52 bits per heavy atom. The van der Waals surface area contributed by atoms with Crippen molar-refractivity contribution >= 4 is 29.2 Å². The number of carbonyl (C=O) groups excluding carboxylic acids is 2. The van der Waals surface area contributed by atoms with Gasteiger partial charge in [-0.25, -0.2) is 4.79 Å². The molecule has 6 nitrogen and oxygen atoms in total. The summed E-state index contributed by atoms with van der Waals surface area (Å²) in [6.45, 7) is 5.38. The number of amides is 2. The maximum Gasteiger partial charge on any atom is 0.335 e. The molecule has 2 aromatic carbocycles. The highest BCUT2D eigenvalue weighted by Crippen LogP contribution is 2.19. The number of nitrogens with one attached hydrogen (secondary N) is 2. The van der Waals surface area contributed by atoms with Crippen LogP contribution in [0.4, 0.5) is 11.4 Å². The lowest BCUT2D eigenvalue weighted by Crippen LogP contribution is -2.18. The molecule has 0 atom stereocenters. The number of hydrogen-bond donors (Lipinski definition) is 3. The lowest BCUT2D eigenvalue weighted by atomic mass is 10.1. The van der Waals surface area contributed by atoms with E-state index in [1.165, 1.54) is 12.1 Å². The van der Waals surface area contributed by atoms with Crippen LogP contribution in [-0.2, 0) is 4.79 Å². The number of aromatic carboxylic acids is 1. The van der Waals surface area contributed by atoms with Gasteiger partial charge in [0.15, 0.2) is 0 Å². The Kier molecular flexibility index (Phi) is 5.54. The van der Waals surface area contributed by atoms with Gasteiger partial charge in [0.2, 0.25) is 5.91 Å². The molecule has 0 spiro atoms. The minimum atomic E-state index is -1.05. The van der Waals surface area contributed by atoms with Crippen molar-refractivity contribution in [3.05, 3.63) is 59.2 Å². The summed E-state index contributed by atoms with van der Waals surface area (Å²) in [5.74, 6) is -1.64. The predicted octanol–water partition coefficient (Wildman–Crippen LogP) is 3.54. The van der Waals surface area contributed by atoms with E-state index in [1.54, 1.807) is 51.1 Å². The smallest absolute Gasteiger partial charge is 0.335 e. The van der Waals surface area contributed by atoms with Gasteiger partial charge in [-0.3, -0.25) is 9.59 Å². The zero-order chi connectivity index (χ0) is 18.6. The van der Waals surface area contributed by atoms with E-state index in [1.807, 2.05) is 0 Å². The van der Waals surface area contributed by atoms with Crippen molar-refractivity contribution in [1.29, 1.82) is 0 Å². The van der Waals surface area contributed by atoms with Crippen molar-refractivity contribution in [1.82, 2.24) is 0 Å². The second-order valence-corrected chi connectivity index (χ2v) is 6.01. The third kappa shape index (κ3) is 4.67. The number of rotatable bonds is 5. The van der Waals surface area contributed by atoms with Gasteiger partial charge in [-0.2, -0.15) is 0 Å². The molecule has 2 aromatic rings. The molecule has 0 aliphatic heterocycles. The SMILES string of the molecule is Cc1ccc(C(=O)O)cc1NC(=O)c1ccc(NC(=O)C(C)C)cc1. The number of aryl methyl sites for hydroxylation is 1. The van der Waals surface area contributed by atoms with Crippen molar-refractivity contribution in [3.8, 4) is 0 Å². The summed E-state index contributed by atoms with van der Waals surface area (Å²) >= 11 is 0. The summed E-state index contributed by atoms with van der Waals surface area (Å²) in [6.07, 6.45) is 0. The van der Waals surface area contributed by atoms with Gasteiger partial charge in [-0.1, -0.05) is 19.9 Å². The van der Waals surface area contributed by atoms with Crippen molar-refractivity contribution in [3.63, 3.8) is 0 Å². The topological polar surface area (TPSA) is 95.5 Å². The molecule has 0 bridgehead atoms. The molecule has 25 heavy (non-hydrogen) atoms. The van der Waals surface area contributed by atoms with Crippen molar-refractivity contribution in [2.75, 3.05) is 10.6 Å². The largest absolute Gasteiger partial charge is 0.478 e. The Morgan fingerprint density at radius 3 is 2.08 bits per heavy atom. The first-order valence-corrected chi connectivity index (χ1v) is 7.84. The Morgan fingerprint density at radius 1 is 0.920 bits per heavy atom. The van der Waals surface area contributed by atoms with Crippen LogP contribution in [0.15, 0.2) is 42.5 Å². The number of carboxylic acids is 1. The third-order valence-corrected chi connectivity index (χ3v) is 3.67. The predicted molar refractivity (Wildman–Crippen MR) is 96.0 cm³/mol. The molecule has 0 heterocycles. The first-order valence-electron chi connectivity index (χ1n) is 7.84. The highest BCUT2D eigenvalue weighted by molar-refractivity contribution is 6.05. The molecule has 130 valence electrons. The summed E-state index contributed by atoms with van der Waals surface area (Å²) in [5.41, 5.74) is 2.33. The van der Waals surface area contributed by atoms with Crippen LogP contribution in [0.3, 0.4) is 0 Å². The fraction of sp³-hybridized carbons (Fsp3) is 0.211. The van der Waals surface area contributed by atoms with Crippen LogP contribution in [0.25, 0.3) is 0 Å². The van der Waals surface area contributed by atoms with E-state index in [0.717, 1.165) is 5.56 Å². The molecule has 6 heteroatoms. The molecule has 0 saturated heterocycles. The molecule has 0 radical (unpaired) electrons. The molecular formula is C19H20N2O4. The minimum absolute atomic E-state index is 0.0988. The summed E-state index contributed by atoms with van der Waals surface area (Å²) in [5, 5.41) is 14.5. The first kappa shape index (κ1) is 18.2. The average molecular weight is 340 g/mol. The molecule has 0 aromatic heterocycles. The maximum absolute atomic E-state index is 12.3. The highest BCUT2D eigenvalue weighted by Gasteiger charge is 2.12. The molecule has 0 fully saturated rings. The third-order valence-electron chi connectivity index (χ3n) is 3.67. The fourth-order valence-electron chi connectivity index (χ4n) is 2.08. The lowest BCUT2D eigenvalue weighted by Gasteiger charge is -2.11. The van der Waals surface area contributed by atoms with Crippen LogP contribution in [0.2, 0.25) is 0 Å². The average Bonchev–Trinajstić information content (AvgIpc) is 2.57. The quantitative estimate of drug-likeness (QED) is 0.776. The Hall–Kier alpha value is -3.15. The standard InChI is InChI=1S/C19H20N2O4/c1-11(2)17(22)20-15-8-6-13(7-9-15)18(23)21-16-10-14(19(24)25)5-4-12(16)3/h4-11H,1-3H3,(H,20,22)(H,21,23)(H,24,25). The van der Waals surface area contributed by atoms with Crippen LogP contribution >= 0.6 is 0 Å². The van der Waals surface area contributed by atoms with Crippen molar-refractivity contribution < 1.29 is 19.5 Å². The molecule has 0 aliphatic rings. The number of carbonyl (C=O) groups is 3. The van der Waals surface area contributed by atoms with Crippen LogP contribution < -0.4 is 10.6 Å². The van der Waals surface area contributed by atoms with E-state index in [-0.39, 0.29) is 23.3 Å². The van der Waals surface area contributed by atoms with E-state index >= 15 is 0 Å². The highest BCUT2D eigenvalue weighted by atomic mass is 16.4. The maximum atomic E-state index is 12.3. The summed E-state index contributed by atoms with van der Waals surface area (Å²) in [6, 6.07) is 11.0. The number of anilines is 2. The Labute approximate surface area is 145 Å². The molecule has 3 N–H and O–H groups in total. The van der Waals surface area contributed by atoms with Crippen molar-refractivity contribution in [2.45, 2.75) is 20.8 Å². The van der Waals surface area contributed by atoms with Gasteiger partial charge in [-0.15, -0.1) is 0 Å². The van der Waals surface area contributed by atoms with E-state index in [9.17, 15) is 14.4 Å². The normalized spacial score (nSPS) is 10.4. The van der Waals surface area contributed by atoms with Crippen LogP contribution in [-0.4, -0.2) is 22.9 Å². The van der Waals surface area contributed by atoms with Crippen molar-refractivity contribution in [2.24, 2.45) is 5.92 Å². The van der Waals surface area contributed by atoms with E-state index < -0.39 is 5.97 Å². The number of hydrogen-bond acceptors (Lipinski definition) is 3. The van der Waals surface area contributed by atoms with E-state index in [0.29, 0.717) is 16.9 Å². The minimum Gasteiger partial charge on any atom is -0.478 e. The molecule has 0 unspecified atom stereocenters. The second-order valence-electron chi connectivity index (χ2n) is 6.01. The first-order chi connectivity index (χ1) is 11.8. The molecule has 2 amide bonds. The molecule has 0 aliphatic carbocycles. The summed E-state index contributed by atoms with van der Waals surface area (Å²) in [7, 11) is 0. The Bertz CT molecular complexity index is 811. The molecule has 0 saturated carbocycles. The monoisotopic (exact) mass is 340 g/mol. The van der Waals surface area contributed by atoms with Crippen LogP contribution in [0.1, 0.15) is 40.1 Å². The Balaban J connectivity index is 2.12. The van der Waals surface area contributed by atoms with E-state index in [4.69, 9.17) is 5.11 Å². The van der Waals surface area contributed by atoms with Gasteiger partial charge in [0.05, 0.1) is 5.56 Å². The van der Waals surface area contributed by atoms with Gasteiger partial charge in [0.1, 0.15) is 0 Å². The van der Waals surface area contributed by atoms with Gasteiger partial charge in [0.25, 0.3) is 5.91 Å². The zero-order valence-corrected chi connectivity index (χ0v) is 14.3. The zero-order valence-electron chi connectivity index (χ0n) is 14.3. The summed E-state index contributed by atoms with van der Waals surface area (Å²) < 4.78 is 0. The number of benzene rings is 2. The fourth-order valence-corrected chi connectivity index (χ4v) is 2.08. The van der Waals surface area contributed by atoms with Crippen LogP contribution in [0, 0.1) is 12.8 Å². The van der Waals surface area contributed by atoms with Gasteiger partial charge >= 0.3 is 5.97 Å². The number of carboxylic acid groups (broad SMARTS) is 1. The van der Waals surface area contributed by atoms with Crippen LogP contribution in [0.5, 0.6) is 0 Å². The van der Waals surface area contributed by atoms with Gasteiger partial charge in [0, 0.05) is 22.9 Å². The molecular weight excluding hydrogens is 320 g/mol. The lowest BCUT2D eigenvalue weighted by molar-refractivity contribution is -0.118. The summed E-state index contributed by atoms with van der Waals surface area (Å²) in [4.78, 5) is 35.0. The van der Waals surface area contributed by atoms with Gasteiger partial charge < -0.3 is 15.7 Å². The molecule has 2 rings (SSSR count). The second kappa shape index (κ2) is 7.61.